The van der Waals surface area contributed by atoms with Crippen LogP contribution in [-0.2, 0) is 36.8 Å². The molecular weight excluding hydrogens is 783 g/mol. The molecule has 5 amide bonds. The lowest BCUT2D eigenvalue weighted by Gasteiger charge is -2.35. The number of methoxy groups -OCH3 is 1. The number of benzene rings is 4. The van der Waals surface area contributed by atoms with Gasteiger partial charge in [0.2, 0.25) is 29.5 Å². The first kappa shape index (κ1) is 47.3. The topological polar surface area (TPSA) is 198 Å². The minimum atomic E-state index is -1.02. The van der Waals surface area contributed by atoms with Crippen LogP contribution in [0.1, 0.15) is 81.9 Å². The van der Waals surface area contributed by atoms with Crippen molar-refractivity contribution in [3.63, 3.8) is 0 Å². The fraction of sp³-hybridized carbons (Fsp3) is 0.449. The maximum Gasteiger partial charge on any atom is 0.245 e. The van der Waals surface area contributed by atoms with Crippen LogP contribution < -0.4 is 37.5 Å². The van der Waals surface area contributed by atoms with E-state index in [2.05, 4.69) is 21.3 Å². The molecule has 5 rings (SSSR count). The number of piperidine rings is 1. The Kier molecular flexibility index (Phi) is 17.9. The number of amides is 5. The molecule has 1 heterocycles. The number of nitrogens with two attached hydrogens (primary N) is 2. The number of likely N-dealkylation sites (tertiary alicyclic amines) is 1. The predicted octanol–water partition coefficient (Wildman–Crippen LogP) is 4.50. The lowest BCUT2D eigenvalue weighted by atomic mass is 9.95. The predicted molar refractivity (Wildman–Crippen MR) is 243 cm³/mol. The molecule has 8 N–H and O–H groups in total. The first-order valence-corrected chi connectivity index (χ1v) is 22.0. The molecule has 0 radical (unpaired) electrons. The number of hydrogen-bond acceptors (Lipinski definition) is 8. The second-order valence-corrected chi connectivity index (χ2v) is 16.9. The summed E-state index contributed by atoms with van der Waals surface area (Å²) in [7, 11) is 1.63. The van der Waals surface area contributed by atoms with E-state index in [0.717, 1.165) is 33.2 Å². The zero-order chi connectivity index (χ0) is 44.6. The molecule has 13 nitrogen and oxygen atoms in total. The Morgan fingerprint density at radius 1 is 0.694 bits per heavy atom. The summed E-state index contributed by atoms with van der Waals surface area (Å²) < 4.78 is 5.34. The van der Waals surface area contributed by atoms with Crippen LogP contribution in [0.15, 0.2) is 97.1 Å². The average Bonchev–Trinajstić information content (AvgIpc) is 3.28. The minimum Gasteiger partial charge on any atom is -0.497 e. The van der Waals surface area contributed by atoms with Crippen molar-refractivity contribution in [1.29, 1.82) is 0 Å². The van der Waals surface area contributed by atoms with Gasteiger partial charge in [-0.3, -0.25) is 24.0 Å². The van der Waals surface area contributed by atoms with Crippen molar-refractivity contribution in [2.45, 2.75) is 108 Å². The molecule has 1 saturated heterocycles. The summed E-state index contributed by atoms with van der Waals surface area (Å²) in [6.07, 6.45) is 3.59. The third-order valence-corrected chi connectivity index (χ3v) is 11.6. The van der Waals surface area contributed by atoms with E-state index in [1.54, 1.807) is 12.0 Å². The van der Waals surface area contributed by atoms with Crippen molar-refractivity contribution in [3.8, 4) is 5.75 Å². The lowest BCUT2D eigenvalue weighted by Crippen LogP contribution is -2.59. The molecule has 13 heteroatoms. The summed E-state index contributed by atoms with van der Waals surface area (Å²) in [4.78, 5) is 70.9. The molecule has 0 saturated carbocycles. The number of fused-ring (bicyclic) bond motifs is 1. The average molecular weight is 848 g/mol. The molecule has 1 aliphatic rings. The first-order valence-electron chi connectivity index (χ1n) is 22.0. The SMILES string of the molecule is COc1ccc2cc([C@H](C)C(=O)NC3CCN(C(=O)[C@@H](CCCCN)NC(=O)[C@@H](CC(C)C)NC(=O)[C@@H](Cc4ccccc4)NC(=O)[C@H](N)Cc4ccccc4)CC3)ccc2c1. The summed E-state index contributed by atoms with van der Waals surface area (Å²) >= 11 is 0. The van der Waals surface area contributed by atoms with Gasteiger partial charge in [-0.2, -0.15) is 0 Å². The standard InChI is InChI=1S/C49H65N7O6/c1-32(2)27-43(55-48(60)44(29-35-15-9-6-10-16-35)54-46(58)41(51)28-34-13-7-5-8-14-34)47(59)53-42(17-11-12-24-50)49(61)56-25-22-39(23-26-56)52-45(57)33(3)36-18-19-38-31-40(62-4)21-20-37(38)30-36/h5-10,13-16,18-21,30-33,39,41-44H,11-12,17,22-29,50-51H2,1-4H3,(H,52,57)(H,53,59)(H,54,58)(H,55,60)/t33-,41+,42+,43+,44+/m0/s1. The van der Waals surface area contributed by atoms with Crippen LogP contribution in [0.5, 0.6) is 5.75 Å². The highest BCUT2D eigenvalue weighted by Crippen LogP contribution is 2.26. The summed E-state index contributed by atoms with van der Waals surface area (Å²) in [6, 6.07) is 26.7. The number of nitrogens with zero attached hydrogens (tertiary/aromatic N) is 1. The van der Waals surface area contributed by atoms with Gasteiger partial charge in [0.05, 0.1) is 19.1 Å². The molecule has 0 spiro atoms. The number of nitrogens with one attached hydrogen (secondary N) is 4. The molecule has 0 aliphatic carbocycles. The van der Waals surface area contributed by atoms with Crippen molar-refractivity contribution in [2.75, 3.05) is 26.7 Å². The highest BCUT2D eigenvalue weighted by molar-refractivity contribution is 5.95. The van der Waals surface area contributed by atoms with E-state index < -0.39 is 41.9 Å². The number of carbonyl (C=O) groups is 5. The van der Waals surface area contributed by atoms with Crippen LogP contribution in [-0.4, -0.2) is 91.4 Å². The zero-order valence-electron chi connectivity index (χ0n) is 36.6. The molecule has 332 valence electrons. The second-order valence-electron chi connectivity index (χ2n) is 16.9. The van der Waals surface area contributed by atoms with E-state index in [1.165, 1.54) is 0 Å². The summed E-state index contributed by atoms with van der Waals surface area (Å²) in [5.41, 5.74) is 14.8. The van der Waals surface area contributed by atoms with E-state index >= 15 is 0 Å². The van der Waals surface area contributed by atoms with Gasteiger partial charge in [-0.15, -0.1) is 0 Å². The van der Waals surface area contributed by atoms with Gasteiger partial charge in [0.1, 0.15) is 23.9 Å². The maximum atomic E-state index is 14.1. The van der Waals surface area contributed by atoms with Crippen LogP contribution in [0.25, 0.3) is 10.8 Å². The van der Waals surface area contributed by atoms with Crippen LogP contribution >= 0.6 is 0 Å². The van der Waals surface area contributed by atoms with Crippen LogP contribution in [0.3, 0.4) is 0 Å². The van der Waals surface area contributed by atoms with E-state index in [0.29, 0.717) is 64.6 Å². The first-order chi connectivity index (χ1) is 29.8. The second kappa shape index (κ2) is 23.4. The van der Waals surface area contributed by atoms with Gasteiger partial charge in [-0.05, 0) is 104 Å². The lowest BCUT2D eigenvalue weighted by molar-refractivity contribution is -0.139. The van der Waals surface area contributed by atoms with Gasteiger partial charge < -0.3 is 42.4 Å². The van der Waals surface area contributed by atoms with Gasteiger partial charge in [-0.1, -0.05) is 98.8 Å². The molecule has 4 aromatic rings. The molecule has 1 fully saturated rings. The molecule has 0 aromatic heterocycles. The van der Waals surface area contributed by atoms with E-state index in [-0.39, 0.29) is 36.1 Å². The van der Waals surface area contributed by atoms with E-state index in [9.17, 15) is 24.0 Å². The number of unbranched alkanes of at least 4 members (excludes halogenated alkanes) is 1. The molecule has 1 aliphatic heterocycles. The van der Waals surface area contributed by atoms with Crippen LogP contribution in [0, 0.1) is 5.92 Å². The van der Waals surface area contributed by atoms with Gasteiger partial charge in [0.25, 0.3) is 0 Å². The molecule has 0 bridgehead atoms. The van der Waals surface area contributed by atoms with Crippen LogP contribution in [0.4, 0.5) is 0 Å². The summed E-state index contributed by atoms with van der Waals surface area (Å²) in [6.45, 7) is 7.07. The molecular formula is C49H65N7O6. The fourth-order valence-corrected chi connectivity index (χ4v) is 7.88. The number of carbonyl (C=O) groups excluding carboxylic acids is 5. The smallest absolute Gasteiger partial charge is 0.245 e. The Morgan fingerprint density at radius 2 is 1.27 bits per heavy atom. The summed E-state index contributed by atoms with van der Waals surface area (Å²) in [5.74, 6) is -1.35. The van der Waals surface area contributed by atoms with Gasteiger partial charge in [0, 0.05) is 25.6 Å². The summed E-state index contributed by atoms with van der Waals surface area (Å²) in [5, 5.41) is 14.0. The third-order valence-electron chi connectivity index (χ3n) is 11.6. The quantitative estimate of drug-likeness (QED) is 0.0659. The molecule has 5 atom stereocenters. The Balaban J connectivity index is 1.21. The third kappa shape index (κ3) is 13.9. The highest BCUT2D eigenvalue weighted by Gasteiger charge is 2.34. The fourth-order valence-electron chi connectivity index (χ4n) is 7.88. The van der Waals surface area contributed by atoms with Crippen molar-refractivity contribution in [1.82, 2.24) is 26.2 Å². The Labute approximate surface area is 366 Å². The number of hydrogen-bond donors (Lipinski definition) is 6. The number of ether oxygens (including phenoxy) is 1. The largest absolute Gasteiger partial charge is 0.497 e. The van der Waals surface area contributed by atoms with Crippen molar-refractivity contribution < 1.29 is 28.7 Å². The van der Waals surface area contributed by atoms with Gasteiger partial charge in [0.15, 0.2) is 0 Å². The number of rotatable bonds is 21. The maximum absolute atomic E-state index is 14.1. The highest BCUT2D eigenvalue weighted by atomic mass is 16.5. The van der Waals surface area contributed by atoms with Crippen LogP contribution in [0.2, 0.25) is 0 Å². The minimum absolute atomic E-state index is 0.0150. The Hall–Kier alpha value is -5.79. The molecule has 4 aromatic carbocycles. The van der Waals surface area contributed by atoms with Gasteiger partial charge in [-0.25, -0.2) is 0 Å². The van der Waals surface area contributed by atoms with Crippen molar-refractivity contribution in [2.24, 2.45) is 17.4 Å². The van der Waals surface area contributed by atoms with Crippen molar-refractivity contribution >= 4 is 40.3 Å². The van der Waals surface area contributed by atoms with E-state index in [4.69, 9.17) is 16.2 Å². The van der Waals surface area contributed by atoms with Gasteiger partial charge >= 0.3 is 0 Å². The monoisotopic (exact) mass is 847 g/mol. The Morgan fingerprint density at radius 3 is 1.90 bits per heavy atom. The normalized spacial score (nSPS) is 15.5. The zero-order valence-corrected chi connectivity index (χ0v) is 36.6. The molecule has 62 heavy (non-hydrogen) atoms. The van der Waals surface area contributed by atoms with Crippen molar-refractivity contribution in [3.05, 3.63) is 114 Å². The van der Waals surface area contributed by atoms with E-state index in [1.807, 2.05) is 118 Å². The Bertz CT molecular complexity index is 2090. The molecule has 0 unspecified atom stereocenters.